The summed E-state index contributed by atoms with van der Waals surface area (Å²) in [4.78, 5) is 34.6. The van der Waals surface area contributed by atoms with Crippen molar-refractivity contribution in [3.05, 3.63) is 95.0 Å². The highest BCUT2D eigenvalue weighted by Gasteiger charge is 2.43. The van der Waals surface area contributed by atoms with Crippen LogP contribution in [-0.4, -0.2) is 49.5 Å². The van der Waals surface area contributed by atoms with Crippen LogP contribution in [0, 0.1) is 6.92 Å². The molecule has 0 bridgehead atoms. The number of ether oxygens (including phenoxy) is 1. The van der Waals surface area contributed by atoms with Gasteiger partial charge in [-0.3, -0.25) is 9.59 Å². The molecule has 5 rings (SSSR count). The highest BCUT2D eigenvalue weighted by Crippen LogP contribution is 2.39. The number of hydrogen-bond acceptors (Lipinski definition) is 6. The highest BCUT2D eigenvalue weighted by atomic mass is 32.2. The highest BCUT2D eigenvalue weighted by molar-refractivity contribution is 8.04. The van der Waals surface area contributed by atoms with Crippen molar-refractivity contribution < 1.29 is 14.3 Å². The molecule has 0 spiro atoms. The van der Waals surface area contributed by atoms with E-state index in [0.29, 0.717) is 41.7 Å². The number of hydrogen-bond donors (Lipinski definition) is 0. The molecule has 0 saturated carbocycles. The number of amides is 2. The van der Waals surface area contributed by atoms with Crippen LogP contribution >= 0.6 is 11.8 Å². The molecule has 1 saturated heterocycles. The van der Waals surface area contributed by atoms with Crippen molar-refractivity contribution in [3.8, 4) is 5.75 Å². The fourth-order valence-corrected chi connectivity index (χ4v) is 5.51. The largest absolute Gasteiger partial charge is 0.494 e. The van der Waals surface area contributed by atoms with Gasteiger partial charge in [-0.15, -0.1) is 0 Å². The van der Waals surface area contributed by atoms with Crippen LogP contribution in [0.3, 0.4) is 0 Å². The minimum absolute atomic E-state index is 0.271. The summed E-state index contributed by atoms with van der Waals surface area (Å²) in [5.41, 5.74) is 3.36. The van der Waals surface area contributed by atoms with E-state index in [4.69, 9.17) is 4.74 Å². The number of anilines is 2. The van der Waals surface area contributed by atoms with Crippen molar-refractivity contribution in [2.75, 3.05) is 42.6 Å². The number of thioether (sulfide) groups is 1. The average Bonchev–Trinajstić information content (AvgIpc) is 3.15. The first-order valence-corrected chi connectivity index (χ1v) is 13.0. The Morgan fingerprint density at radius 1 is 0.750 bits per heavy atom. The van der Waals surface area contributed by atoms with Gasteiger partial charge >= 0.3 is 0 Å². The first kappa shape index (κ1) is 24.0. The van der Waals surface area contributed by atoms with Gasteiger partial charge in [-0.2, -0.15) is 0 Å². The fourth-order valence-electron chi connectivity index (χ4n) is 4.51. The van der Waals surface area contributed by atoms with Crippen LogP contribution in [0.2, 0.25) is 0 Å². The number of imide groups is 1. The zero-order valence-corrected chi connectivity index (χ0v) is 21.3. The van der Waals surface area contributed by atoms with Gasteiger partial charge in [-0.05, 0) is 62.4 Å². The molecule has 3 aromatic carbocycles. The number of piperazine rings is 1. The van der Waals surface area contributed by atoms with Crippen LogP contribution in [-0.2, 0) is 9.59 Å². The molecule has 0 atom stereocenters. The maximum absolute atomic E-state index is 13.8. The Labute approximate surface area is 216 Å². The Hall–Kier alpha value is -3.71. The van der Waals surface area contributed by atoms with Crippen LogP contribution in [0.4, 0.5) is 11.4 Å². The van der Waals surface area contributed by atoms with Crippen molar-refractivity contribution in [3.63, 3.8) is 0 Å². The summed E-state index contributed by atoms with van der Waals surface area (Å²) in [6, 6.07) is 25.4. The lowest BCUT2D eigenvalue weighted by molar-refractivity contribution is -0.121. The summed E-state index contributed by atoms with van der Waals surface area (Å²) in [6.07, 6.45) is 0. The van der Waals surface area contributed by atoms with Crippen LogP contribution in [0.5, 0.6) is 5.75 Å². The molecule has 6 nitrogen and oxygen atoms in total. The monoisotopic (exact) mass is 499 g/mol. The number of benzene rings is 3. The van der Waals surface area contributed by atoms with Gasteiger partial charge in [0.2, 0.25) is 0 Å². The molecular weight excluding hydrogens is 470 g/mol. The molecule has 0 N–H and O–H groups in total. The van der Waals surface area contributed by atoms with Crippen molar-refractivity contribution in [2.45, 2.75) is 18.7 Å². The number of carbonyl (C=O) groups is 2. The van der Waals surface area contributed by atoms with E-state index < -0.39 is 0 Å². The molecule has 0 radical (unpaired) electrons. The van der Waals surface area contributed by atoms with Crippen molar-refractivity contribution >= 4 is 35.0 Å². The molecule has 2 heterocycles. The molecular formula is C29H29N3O3S. The first-order valence-electron chi connectivity index (χ1n) is 12.2. The standard InChI is InChI=1S/C29H29N3O3S/c1-3-35-24-13-11-23(12-14-24)32-28(33)26(27(29(32)34)36-25-15-9-21(2)10-16-25)31-19-17-30(18-20-31)22-7-5-4-6-8-22/h4-16H,3,17-20H2,1-2H3. The number of aryl methyl sites for hydroxylation is 1. The molecule has 7 heteroatoms. The lowest BCUT2D eigenvalue weighted by Gasteiger charge is -2.37. The van der Waals surface area contributed by atoms with E-state index in [-0.39, 0.29) is 11.8 Å². The molecule has 3 aromatic rings. The van der Waals surface area contributed by atoms with Gasteiger partial charge in [0, 0.05) is 36.8 Å². The van der Waals surface area contributed by atoms with Crippen molar-refractivity contribution in [1.82, 2.24) is 4.90 Å². The van der Waals surface area contributed by atoms with E-state index in [1.165, 1.54) is 22.3 Å². The molecule has 1 fully saturated rings. The summed E-state index contributed by atoms with van der Waals surface area (Å²) in [5, 5.41) is 0. The third-order valence-corrected chi connectivity index (χ3v) is 7.46. The molecule has 36 heavy (non-hydrogen) atoms. The van der Waals surface area contributed by atoms with Crippen LogP contribution < -0.4 is 14.5 Å². The average molecular weight is 500 g/mol. The normalized spacial score (nSPS) is 16.2. The van der Waals surface area contributed by atoms with E-state index >= 15 is 0 Å². The third kappa shape index (κ3) is 4.84. The van der Waals surface area contributed by atoms with Crippen LogP contribution in [0.15, 0.2) is 94.4 Å². The second-order valence-electron chi connectivity index (χ2n) is 8.78. The molecule has 0 unspecified atom stereocenters. The molecule has 0 aliphatic carbocycles. The van der Waals surface area contributed by atoms with Gasteiger partial charge in [0.05, 0.1) is 12.3 Å². The number of para-hydroxylation sites is 1. The maximum Gasteiger partial charge on any atom is 0.283 e. The number of rotatable bonds is 7. The van der Waals surface area contributed by atoms with E-state index in [2.05, 4.69) is 21.9 Å². The maximum atomic E-state index is 13.8. The van der Waals surface area contributed by atoms with E-state index in [1.807, 2.05) is 56.3 Å². The minimum Gasteiger partial charge on any atom is -0.494 e. The Morgan fingerprint density at radius 3 is 2.03 bits per heavy atom. The minimum atomic E-state index is -0.282. The summed E-state index contributed by atoms with van der Waals surface area (Å²) < 4.78 is 5.53. The summed E-state index contributed by atoms with van der Waals surface area (Å²) in [7, 11) is 0. The predicted molar refractivity (Wildman–Crippen MR) is 144 cm³/mol. The van der Waals surface area contributed by atoms with Crippen LogP contribution in [0.25, 0.3) is 0 Å². The Bertz CT molecular complexity index is 1270. The zero-order valence-electron chi connectivity index (χ0n) is 20.5. The van der Waals surface area contributed by atoms with Crippen molar-refractivity contribution in [2.24, 2.45) is 0 Å². The zero-order chi connectivity index (χ0) is 25.1. The lowest BCUT2D eigenvalue weighted by Crippen LogP contribution is -2.47. The summed E-state index contributed by atoms with van der Waals surface area (Å²) in [5.74, 6) is 0.155. The van der Waals surface area contributed by atoms with Gasteiger partial charge < -0.3 is 14.5 Å². The Kier molecular flexibility index (Phi) is 7.00. The summed E-state index contributed by atoms with van der Waals surface area (Å²) >= 11 is 1.37. The van der Waals surface area contributed by atoms with Crippen LogP contribution in [0.1, 0.15) is 12.5 Å². The predicted octanol–water partition coefficient (Wildman–Crippen LogP) is 5.09. The van der Waals surface area contributed by atoms with Gasteiger partial charge in [-0.1, -0.05) is 47.7 Å². The second kappa shape index (κ2) is 10.5. The van der Waals surface area contributed by atoms with Crippen molar-refractivity contribution in [1.29, 1.82) is 0 Å². The molecule has 2 amide bonds. The van der Waals surface area contributed by atoms with Gasteiger partial charge in [-0.25, -0.2) is 4.90 Å². The van der Waals surface area contributed by atoms with Gasteiger partial charge in [0.15, 0.2) is 0 Å². The Morgan fingerprint density at radius 2 is 1.39 bits per heavy atom. The smallest absolute Gasteiger partial charge is 0.283 e. The van der Waals surface area contributed by atoms with Gasteiger partial charge in [0.25, 0.3) is 11.8 Å². The molecule has 2 aliphatic rings. The quantitative estimate of drug-likeness (QED) is 0.422. The topological polar surface area (TPSA) is 53.1 Å². The molecule has 0 aromatic heterocycles. The SMILES string of the molecule is CCOc1ccc(N2C(=O)C(Sc3ccc(C)cc3)=C(N3CCN(c4ccccc4)CC3)C2=O)cc1. The van der Waals surface area contributed by atoms with E-state index in [9.17, 15) is 9.59 Å². The number of carbonyl (C=O) groups excluding carboxylic acids is 2. The summed E-state index contributed by atoms with van der Waals surface area (Å²) in [6.45, 7) is 7.39. The van der Waals surface area contributed by atoms with Gasteiger partial charge in [0.1, 0.15) is 16.4 Å². The number of nitrogens with zero attached hydrogens (tertiary/aromatic N) is 3. The first-order chi connectivity index (χ1) is 17.5. The Balaban J connectivity index is 1.44. The fraction of sp³-hybridized carbons (Fsp3) is 0.241. The molecule has 2 aliphatic heterocycles. The van der Waals surface area contributed by atoms with E-state index in [0.717, 1.165) is 23.5 Å². The molecule has 184 valence electrons. The third-order valence-electron chi connectivity index (χ3n) is 6.38. The van der Waals surface area contributed by atoms with E-state index in [1.54, 1.807) is 24.3 Å². The second-order valence-corrected chi connectivity index (χ2v) is 9.86. The lowest BCUT2D eigenvalue weighted by atomic mass is 10.2.